The first kappa shape index (κ1) is 12.7. The van der Waals surface area contributed by atoms with Gasteiger partial charge in [0.05, 0.1) is 12.5 Å². The average Bonchev–Trinajstić information content (AvgIpc) is 2.47. The van der Waals surface area contributed by atoms with E-state index in [0.717, 1.165) is 16.3 Å². The van der Waals surface area contributed by atoms with Crippen molar-refractivity contribution in [2.45, 2.75) is 6.42 Å². The monoisotopic (exact) mass is 270 g/mol. The summed E-state index contributed by atoms with van der Waals surface area (Å²) in [5, 5.41) is 11.3. The van der Waals surface area contributed by atoms with Crippen LogP contribution >= 0.6 is 0 Å². The number of aliphatic hydroxyl groups excluding tert-OH is 1. The number of rotatable bonds is 3. The van der Waals surface area contributed by atoms with Crippen molar-refractivity contribution in [1.82, 2.24) is 0 Å². The summed E-state index contributed by atoms with van der Waals surface area (Å²) < 4.78 is 10.5. The fourth-order valence-corrected chi connectivity index (χ4v) is 2.48. The Labute approximate surface area is 115 Å². The first-order chi connectivity index (χ1) is 9.74. The predicted molar refractivity (Wildman–Crippen MR) is 77.3 cm³/mol. The first-order valence-corrected chi connectivity index (χ1v) is 6.38. The Hall–Kier alpha value is -2.33. The van der Waals surface area contributed by atoms with Crippen LogP contribution in [-0.2, 0) is 6.42 Å². The van der Waals surface area contributed by atoms with Gasteiger partial charge in [-0.2, -0.15) is 0 Å². The molecule has 3 rings (SSSR count). The van der Waals surface area contributed by atoms with Gasteiger partial charge < -0.3 is 14.3 Å². The molecule has 1 N–H and O–H groups in total. The lowest BCUT2D eigenvalue weighted by atomic mass is 10.0. The predicted octanol–water partition coefficient (Wildman–Crippen LogP) is 2.49. The van der Waals surface area contributed by atoms with Crippen molar-refractivity contribution in [3.63, 3.8) is 0 Å². The summed E-state index contributed by atoms with van der Waals surface area (Å²) in [6, 6.07) is 11.0. The van der Waals surface area contributed by atoms with Crippen molar-refractivity contribution in [1.29, 1.82) is 0 Å². The lowest BCUT2D eigenvalue weighted by Gasteiger charge is -2.07. The highest BCUT2D eigenvalue weighted by atomic mass is 16.5. The summed E-state index contributed by atoms with van der Waals surface area (Å²) in [5.74, 6) is 0.645. The molecular weight excluding hydrogens is 256 g/mol. The van der Waals surface area contributed by atoms with Gasteiger partial charge in [0.25, 0.3) is 0 Å². The maximum absolute atomic E-state index is 12.2. The highest BCUT2D eigenvalue weighted by Crippen LogP contribution is 2.27. The standard InChI is InChI=1S/C16H14O4/c1-19-11-5-6-12-13-4-2-3-10(7-8-17)15(13)16(18)20-14(12)9-11/h2-6,9,17H,7-8H2,1H3. The number of hydrogen-bond donors (Lipinski definition) is 1. The number of benzene rings is 2. The van der Waals surface area contributed by atoms with Gasteiger partial charge in [-0.1, -0.05) is 18.2 Å². The summed E-state index contributed by atoms with van der Waals surface area (Å²) in [7, 11) is 1.57. The highest BCUT2D eigenvalue weighted by Gasteiger charge is 2.11. The minimum atomic E-state index is -0.384. The number of aliphatic hydroxyl groups is 1. The topological polar surface area (TPSA) is 59.7 Å². The van der Waals surface area contributed by atoms with Crippen molar-refractivity contribution in [2.75, 3.05) is 13.7 Å². The van der Waals surface area contributed by atoms with Gasteiger partial charge in [0, 0.05) is 23.4 Å². The number of methoxy groups -OCH3 is 1. The molecule has 20 heavy (non-hydrogen) atoms. The van der Waals surface area contributed by atoms with Gasteiger partial charge in [0.1, 0.15) is 11.3 Å². The molecule has 0 spiro atoms. The summed E-state index contributed by atoms with van der Waals surface area (Å²) >= 11 is 0. The van der Waals surface area contributed by atoms with Crippen LogP contribution in [0, 0.1) is 0 Å². The van der Waals surface area contributed by atoms with Gasteiger partial charge in [-0.15, -0.1) is 0 Å². The van der Waals surface area contributed by atoms with Crippen molar-refractivity contribution >= 4 is 21.7 Å². The maximum atomic E-state index is 12.2. The summed E-state index contributed by atoms with van der Waals surface area (Å²) in [5.41, 5.74) is 0.921. The summed E-state index contributed by atoms with van der Waals surface area (Å²) in [4.78, 5) is 12.2. The fraction of sp³-hybridized carbons (Fsp3) is 0.188. The zero-order valence-electron chi connectivity index (χ0n) is 11.1. The second kappa shape index (κ2) is 4.98. The number of ether oxygens (including phenoxy) is 1. The van der Waals surface area contributed by atoms with E-state index < -0.39 is 0 Å². The van der Waals surface area contributed by atoms with Crippen molar-refractivity contribution in [2.24, 2.45) is 0 Å². The Kier molecular flexibility index (Phi) is 3.16. The molecule has 0 bridgehead atoms. The molecule has 0 unspecified atom stereocenters. The molecule has 0 fully saturated rings. The zero-order chi connectivity index (χ0) is 14.1. The smallest absolute Gasteiger partial charge is 0.344 e. The minimum absolute atomic E-state index is 0.000791. The molecule has 102 valence electrons. The van der Waals surface area contributed by atoms with E-state index in [2.05, 4.69) is 0 Å². The zero-order valence-corrected chi connectivity index (χ0v) is 11.1. The summed E-state index contributed by atoms with van der Waals surface area (Å²) in [6.07, 6.45) is 0.434. The average molecular weight is 270 g/mol. The van der Waals surface area contributed by atoms with Gasteiger partial charge in [-0.25, -0.2) is 4.79 Å². The van der Waals surface area contributed by atoms with E-state index in [9.17, 15) is 4.79 Å². The van der Waals surface area contributed by atoms with E-state index >= 15 is 0 Å². The van der Waals surface area contributed by atoms with Crippen molar-refractivity contribution < 1.29 is 14.3 Å². The van der Waals surface area contributed by atoms with Crippen LogP contribution in [0.3, 0.4) is 0 Å². The summed E-state index contributed by atoms with van der Waals surface area (Å²) in [6.45, 7) is -0.000791. The molecule has 0 saturated heterocycles. The van der Waals surface area contributed by atoms with E-state index in [1.54, 1.807) is 13.2 Å². The molecule has 3 aromatic rings. The van der Waals surface area contributed by atoms with Crippen LogP contribution < -0.4 is 10.4 Å². The van der Waals surface area contributed by atoms with Crippen molar-refractivity contribution in [3.8, 4) is 5.75 Å². The van der Waals surface area contributed by atoms with Gasteiger partial charge in [-0.3, -0.25) is 0 Å². The molecular formula is C16H14O4. The van der Waals surface area contributed by atoms with Crippen LogP contribution in [-0.4, -0.2) is 18.8 Å². The van der Waals surface area contributed by atoms with E-state index in [1.165, 1.54) is 0 Å². The fourth-order valence-electron chi connectivity index (χ4n) is 2.48. The normalized spacial score (nSPS) is 11.1. The Bertz CT molecular complexity index is 833. The van der Waals surface area contributed by atoms with E-state index in [1.807, 2.05) is 30.3 Å². The van der Waals surface area contributed by atoms with Gasteiger partial charge >= 0.3 is 5.63 Å². The Morgan fingerprint density at radius 2 is 2.05 bits per heavy atom. The van der Waals surface area contributed by atoms with E-state index in [0.29, 0.717) is 23.1 Å². The molecule has 0 saturated carbocycles. The second-order valence-corrected chi connectivity index (χ2v) is 4.56. The molecule has 0 aliphatic rings. The molecule has 2 aromatic carbocycles. The molecule has 0 amide bonds. The van der Waals surface area contributed by atoms with Crippen molar-refractivity contribution in [3.05, 3.63) is 52.4 Å². The maximum Gasteiger partial charge on any atom is 0.344 e. The third-order valence-electron chi connectivity index (χ3n) is 3.42. The molecule has 4 nitrogen and oxygen atoms in total. The number of fused-ring (bicyclic) bond motifs is 3. The molecule has 0 atom stereocenters. The third kappa shape index (κ3) is 1.94. The second-order valence-electron chi connectivity index (χ2n) is 4.56. The van der Waals surface area contributed by atoms with Crippen LogP contribution in [0.15, 0.2) is 45.6 Å². The Morgan fingerprint density at radius 1 is 1.20 bits per heavy atom. The van der Waals surface area contributed by atoms with Crippen LogP contribution in [0.2, 0.25) is 0 Å². The SMILES string of the molecule is COc1ccc2c(c1)oc(=O)c1c(CCO)cccc12. The molecule has 0 aliphatic carbocycles. The lowest BCUT2D eigenvalue weighted by molar-refractivity contribution is 0.300. The first-order valence-electron chi connectivity index (χ1n) is 6.38. The lowest BCUT2D eigenvalue weighted by Crippen LogP contribution is -2.05. The van der Waals surface area contributed by atoms with Gasteiger partial charge in [0.2, 0.25) is 0 Å². The Morgan fingerprint density at radius 3 is 2.80 bits per heavy atom. The number of hydrogen-bond acceptors (Lipinski definition) is 4. The quantitative estimate of drug-likeness (QED) is 0.586. The van der Waals surface area contributed by atoms with Crippen LogP contribution in [0.25, 0.3) is 21.7 Å². The van der Waals surface area contributed by atoms with Crippen LogP contribution in [0.4, 0.5) is 0 Å². The minimum Gasteiger partial charge on any atom is -0.497 e. The Balaban J connectivity index is 2.42. The van der Waals surface area contributed by atoms with Gasteiger partial charge in [-0.05, 0) is 24.1 Å². The van der Waals surface area contributed by atoms with E-state index in [4.69, 9.17) is 14.3 Å². The third-order valence-corrected chi connectivity index (χ3v) is 3.42. The van der Waals surface area contributed by atoms with Crippen LogP contribution in [0.1, 0.15) is 5.56 Å². The molecule has 1 aromatic heterocycles. The molecule has 0 radical (unpaired) electrons. The highest BCUT2D eigenvalue weighted by molar-refractivity contribution is 6.05. The molecule has 4 heteroatoms. The van der Waals surface area contributed by atoms with Gasteiger partial charge in [0.15, 0.2) is 0 Å². The van der Waals surface area contributed by atoms with E-state index in [-0.39, 0.29) is 12.2 Å². The van der Waals surface area contributed by atoms with Crippen LogP contribution in [0.5, 0.6) is 5.75 Å². The molecule has 0 aliphatic heterocycles. The molecule has 1 heterocycles. The largest absolute Gasteiger partial charge is 0.497 e.